The van der Waals surface area contributed by atoms with Crippen molar-refractivity contribution >= 4 is 23.3 Å². The van der Waals surface area contributed by atoms with Crippen LogP contribution in [0, 0.1) is 0 Å². The number of thiophene rings is 1. The molecule has 0 saturated heterocycles. The summed E-state index contributed by atoms with van der Waals surface area (Å²) in [5.41, 5.74) is 0. The molecule has 1 aromatic heterocycles. The van der Waals surface area contributed by atoms with Gasteiger partial charge >= 0.3 is 12.0 Å². The lowest BCUT2D eigenvalue weighted by atomic mass is 10.2. The lowest BCUT2D eigenvalue weighted by Crippen LogP contribution is -2.48. The molecule has 6 nitrogen and oxygen atoms in total. The molecule has 0 aliphatic heterocycles. The van der Waals surface area contributed by atoms with Gasteiger partial charge < -0.3 is 20.8 Å². The number of rotatable bonds is 6. The van der Waals surface area contributed by atoms with Crippen molar-refractivity contribution < 1.29 is 19.8 Å². The zero-order chi connectivity index (χ0) is 13.5. The number of carboxylic acid groups (broad SMARTS) is 1. The van der Waals surface area contributed by atoms with Crippen LogP contribution in [0.2, 0.25) is 0 Å². The van der Waals surface area contributed by atoms with E-state index < -0.39 is 24.6 Å². The molecule has 100 valence electrons. The Kier molecular flexibility index (Phi) is 5.60. The maximum absolute atomic E-state index is 11.6. The van der Waals surface area contributed by atoms with Crippen molar-refractivity contribution in [3.8, 4) is 0 Å². The smallest absolute Gasteiger partial charge is 0.328 e. The monoisotopic (exact) mass is 272 g/mol. The van der Waals surface area contributed by atoms with Crippen LogP contribution in [0.15, 0.2) is 17.5 Å². The third-order valence-corrected chi connectivity index (χ3v) is 3.37. The van der Waals surface area contributed by atoms with E-state index in [-0.39, 0.29) is 6.04 Å². The highest BCUT2D eigenvalue weighted by atomic mass is 32.1. The quantitative estimate of drug-likeness (QED) is 0.619. The first kappa shape index (κ1) is 14.5. The van der Waals surface area contributed by atoms with E-state index in [0.29, 0.717) is 6.42 Å². The number of nitrogens with one attached hydrogen (secondary N) is 2. The SMILES string of the molecule is CCC(NC(=O)N[C@H](CO)C(=O)O)c1cccs1. The minimum Gasteiger partial charge on any atom is -0.480 e. The van der Waals surface area contributed by atoms with Gasteiger partial charge in [-0.15, -0.1) is 11.3 Å². The molecule has 2 amide bonds. The highest BCUT2D eigenvalue weighted by molar-refractivity contribution is 7.10. The van der Waals surface area contributed by atoms with E-state index in [1.165, 1.54) is 11.3 Å². The van der Waals surface area contributed by atoms with E-state index in [9.17, 15) is 9.59 Å². The largest absolute Gasteiger partial charge is 0.480 e. The van der Waals surface area contributed by atoms with E-state index in [0.717, 1.165) is 4.88 Å². The lowest BCUT2D eigenvalue weighted by Gasteiger charge is -2.18. The second-order valence-electron chi connectivity index (χ2n) is 3.67. The fourth-order valence-corrected chi connectivity index (χ4v) is 2.27. The molecule has 1 heterocycles. The van der Waals surface area contributed by atoms with Gasteiger partial charge in [0.25, 0.3) is 0 Å². The first-order valence-corrected chi connectivity index (χ1v) is 6.40. The van der Waals surface area contributed by atoms with E-state index in [4.69, 9.17) is 10.2 Å². The van der Waals surface area contributed by atoms with Gasteiger partial charge in [0.15, 0.2) is 6.04 Å². The van der Waals surface area contributed by atoms with E-state index in [1.807, 2.05) is 24.4 Å². The minimum absolute atomic E-state index is 0.155. The van der Waals surface area contributed by atoms with Crippen molar-refractivity contribution in [1.82, 2.24) is 10.6 Å². The standard InChI is InChI=1S/C11H16N2O4S/c1-2-7(9-4-3-5-18-9)12-11(17)13-8(6-14)10(15)16/h3-5,7-8,14H,2,6H2,1H3,(H,15,16)(H2,12,13,17)/t7?,8-/m1/s1. The number of carbonyl (C=O) groups excluding carboxylic acids is 1. The van der Waals surface area contributed by atoms with Crippen LogP contribution >= 0.6 is 11.3 Å². The second-order valence-corrected chi connectivity index (χ2v) is 4.65. The number of amides is 2. The van der Waals surface area contributed by atoms with Gasteiger partial charge in [-0.2, -0.15) is 0 Å². The predicted octanol–water partition coefficient (Wildman–Crippen LogP) is 0.944. The van der Waals surface area contributed by atoms with Crippen molar-refractivity contribution in [1.29, 1.82) is 0 Å². The Morgan fingerprint density at radius 3 is 2.61 bits per heavy atom. The van der Waals surface area contributed by atoms with Crippen LogP contribution in [0.5, 0.6) is 0 Å². The summed E-state index contributed by atoms with van der Waals surface area (Å²) < 4.78 is 0. The van der Waals surface area contributed by atoms with E-state index >= 15 is 0 Å². The van der Waals surface area contributed by atoms with Crippen LogP contribution in [0.3, 0.4) is 0 Å². The first-order chi connectivity index (χ1) is 8.58. The molecule has 2 atom stereocenters. The van der Waals surface area contributed by atoms with Crippen LogP contribution in [-0.2, 0) is 4.79 Å². The molecule has 7 heteroatoms. The van der Waals surface area contributed by atoms with Crippen molar-refractivity contribution in [3.05, 3.63) is 22.4 Å². The molecule has 18 heavy (non-hydrogen) atoms. The molecule has 1 rings (SSSR count). The van der Waals surface area contributed by atoms with E-state index in [1.54, 1.807) is 0 Å². The number of aliphatic hydroxyl groups excluding tert-OH is 1. The molecule has 0 aliphatic carbocycles. The summed E-state index contributed by atoms with van der Waals surface area (Å²) in [6, 6.07) is 1.75. The zero-order valence-corrected chi connectivity index (χ0v) is 10.7. The number of hydrogen-bond donors (Lipinski definition) is 4. The first-order valence-electron chi connectivity index (χ1n) is 5.52. The number of aliphatic hydroxyl groups is 1. The van der Waals surface area contributed by atoms with Crippen LogP contribution in [-0.4, -0.2) is 34.9 Å². The van der Waals surface area contributed by atoms with Crippen LogP contribution in [0.25, 0.3) is 0 Å². The van der Waals surface area contributed by atoms with Crippen LogP contribution in [0.4, 0.5) is 4.79 Å². The number of carbonyl (C=O) groups is 2. The molecule has 4 N–H and O–H groups in total. The zero-order valence-electron chi connectivity index (χ0n) is 9.92. The van der Waals surface area contributed by atoms with Crippen molar-refractivity contribution in [2.45, 2.75) is 25.4 Å². The summed E-state index contributed by atoms with van der Waals surface area (Å²) >= 11 is 1.52. The van der Waals surface area contributed by atoms with Gasteiger partial charge in [-0.1, -0.05) is 13.0 Å². The van der Waals surface area contributed by atoms with Gasteiger partial charge in [-0.3, -0.25) is 0 Å². The fourth-order valence-electron chi connectivity index (χ4n) is 1.41. The van der Waals surface area contributed by atoms with Gasteiger partial charge in [0.05, 0.1) is 12.6 Å². The predicted molar refractivity (Wildman–Crippen MR) is 67.5 cm³/mol. The topological polar surface area (TPSA) is 98.7 Å². The van der Waals surface area contributed by atoms with Gasteiger partial charge in [-0.25, -0.2) is 9.59 Å². The molecule has 0 spiro atoms. The maximum atomic E-state index is 11.6. The van der Waals surface area contributed by atoms with Gasteiger partial charge in [-0.05, 0) is 17.9 Å². The molecule has 0 aliphatic rings. The van der Waals surface area contributed by atoms with Gasteiger partial charge in [0.2, 0.25) is 0 Å². The molecular weight excluding hydrogens is 256 g/mol. The summed E-state index contributed by atoms with van der Waals surface area (Å²) in [5.74, 6) is -1.27. The molecule has 0 aromatic carbocycles. The van der Waals surface area contributed by atoms with Gasteiger partial charge in [0.1, 0.15) is 0 Å². The van der Waals surface area contributed by atoms with E-state index in [2.05, 4.69) is 10.6 Å². The molecule has 1 unspecified atom stereocenters. The third-order valence-electron chi connectivity index (χ3n) is 2.39. The van der Waals surface area contributed by atoms with Gasteiger partial charge in [0, 0.05) is 4.88 Å². The molecular formula is C11H16N2O4S. The lowest BCUT2D eigenvalue weighted by molar-refractivity contribution is -0.140. The Hall–Kier alpha value is -1.60. The fraction of sp³-hybridized carbons (Fsp3) is 0.455. The Balaban J connectivity index is 2.55. The average Bonchev–Trinajstić information content (AvgIpc) is 2.86. The third kappa shape index (κ3) is 4.01. The number of urea groups is 1. The van der Waals surface area contributed by atoms with Crippen molar-refractivity contribution in [2.24, 2.45) is 0 Å². The molecule has 1 aromatic rings. The summed E-state index contributed by atoms with van der Waals surface area (Å²) in [7, 11) is 0. The summed E-state index contributed by atoms with van der Waals surface area (Å²) in [6.07, 6.45) is 0.699. The molecule has 0 saturated carbocycles. The highest BCUT2D eigenvalue weighted by Crippen LogP contribution is 2.21. The summed E-state index contributed by atoms with van der Waals surface area (Å²) in [4.78, 5) is 23.2. The number of carboxylic acids is 1. The Bertz CT molecular complexity index is 394. The van der Waals surface area contributed by atoms with Crippen molar-refractivity contribution in [2.75, 3.05) is 6.61 Å². The Morgan fingerprint density at radius 2 is 2.17 bits per heavy atom. The molecule has 0 radical (unpaired) electrons. The van der Waals surface area contributed by atoms with Crippen LogP contribution in [0.1, 0.15) is 24.3 Å². The van der Waals surface area contributed by atoms with Crippen molar-refractivity contribution in [3.63, 3.8) is 0 Å². The van der Waals surface area contributed by atoms with Crippen LogP contribution < -0.4 is 10.6 Å². The Labute approximate surface area is 109 Å². The number of hydrogen-bond acceptors (Lipinski definition) is 4. The minimum atomic E-state index is -1.29. The maximum Gasteiger partial charge on any atom is 0.328 e. The number of aliphatic carboxylic acids is 1. The summed E-state index contributed by atoms with van der Waals surface area (Å²) in [5, 5.41) is 24.3. The normalized spacial score (nSPS) is 13.7. The molecule has 0 bridgehead atoms. The Morgan fingerprint density at radius 1 is 1.44 bits per heavy atom. The second kappa shape index (κ2) is 6.97. The highest BCUT2D eigenvalue weighted by Gasteiger charge is 2.20. The summed E-state index contributed by atoms with van der Waals surface area (Å²) in [6.45, 7) is 1.28. The molecule has 0 fully saturated rings. The average molecular weight is 272 g/mol.